The molecule has 0 radical (unpaired) electrons. The van der Waals surface area contributed by atoms with E-state index in [1.54, 1.807) is 29.3 Å². The van der Waals surface area contributed by atoms with E-state index < -0.39 is 0 Å². The number of likely N-dealkylation sites (tertiary alicyclic amines) is 1. The lowest BCUT2D eigenvalue weighted by molar-refractivity contribution is 0.0588. The lowest BCUT2D eigenvalue weighted by Crippen LogP contribution is -2.41. The van der Waals surface area contributed by atoms with Gasteiger partial charge in [-0.05, 0) is 24.3 Å². The molecular formula is C17H16Cl2N2O2. The fourth-order valence-corrected chi connectivity index (χ4v) is 3.09. The average Bonchev–Trinajstić information content (AvgIpc) is 2.56. The van der Waals surface area contributed by atoms with Crippen molar-refractivity contribution in [3.05, 3.63) is 58.2 Å². The lowest BCUT2D eigenvalue weighted by Gasteiger charge is -2.32. The fourth-order valence-electron chi connectivity index (χ4n) is 2.60. The molecule has 2 heterocycles. The van der Waals surface area contributed by atoms with Gasteiger partial charge in [0.1, 0.15) is 6.10 Å². The summed E-state index contributed by atoms with van der Waals surface area (Å²) < 4.78 is 5.84. The zero-order valence-corrected chi connectivity index (χ0v) is 13.9. The number of hydrogen-bond donors (Lipinski definition) is 0. The van der Waals surface area contributed by atoms with E-state index in [-0.39, 0.29) is 12.0 Å². The van der Waals surface area contributed by atoms with Gasteiger partial charge < -0.3 is 9.64 Å². The van der Waals surface area contributed by atoms with Gasteiger partial charge in [0, 0.05) is 43.2 Å². The maximum absolute atomic E-state index is 12.5. The van der Waals surface area contributed by atoms with E-state index in [4.69, 9.17) is 27.9 Å². The van der Waals surface area contributed by atoms with Crippen molar-refractivity contribution in [3.8, 4) is 5.88 Å². The molecule has 120 valence electrons. The number of ether oxygens (including phenoxy) is 1. The van der Waals surface area contributed by atoms with E-state index in [2.05, 4.69) is 4.98 Å². The second-order valence-electron chi connectivity index (χ2n) is 5.40. The highest BCUT2D eigenvalue weighted by Crippen LogP contribution is 2.24. The molecule has 0 aliphatic carbocycles. The predicted octanol–water partition coefficient (Wildman–Crippen LogP) is 4.07. The summed E-state index contributed by atoms with van der Waals surface area (Å²) in [5, 5.41) is 0.906. The highest BCUT2D eigenvalue weighted by Gasteiger charge is 2.26. The molecule has 1 amide bonds. The van der Waals surface area contributed by atoms with Gasteiger partial charge in [-0.2, -0.15) is 0 Å². The number of rotatable bonds is 3. The summed E-state index contributed by atoms with van der Waals surface area (Å²) in [6.07, 6.45) is 3.33. The second kappa shape index (κ2) is 7.20. The number of carbonyl (C=O) groups excluding carboxylic acids is 1. The Balaban J connectivity index is 1.59. The molecule has 1 aromatic heterocycles. The molecule has 0 saturated carbocycles. The molecule has 0 atom stereocenters. The van der Waals surface area contributed by atoms with E-state index in [9.17, 15) is 4.79 Å². The van der Waals surface area contributed by atoms with E-state index in [0.717, 1.165) is 12.8 Å². The van der Waals surface area contributed by atoms with Crippen molar-refractivity contribution in [1.82, 2.24) is 9.88 Å². The normalized spacial score (nSPS) is 15.5. The summed E-state index contributed by atoms with van der Waals surface area (Å²) in [5.41, 5.74) is 0.486. The van der Waals surface area contributed by atoms with Crippen LogP contribution in [0.15, 0.2) is 42.6 Å². The summed E-state index contributed by atoms with van der Waals surface area (Å²) in [6.45, 7) is 1.27. The smallest absolute Gasteiger partial charge is 0.255 e. The first-order chi connectivity index (χ1) is 11.1. The van der Waals surface area contributed by atoms with Gasteiger partial charge >= 0.3 is 0 Å². The third-order valence-electron chi connectivity index (χ3n) is 3.82. The average molecular weight is 351 g/mol. The maximum atomic E-state index is 12.5. The van der Waals surface area contributed by atoms with E-state index in [0.29, 0.717) is 34.6 Å². The molecule has 0 bridgehead atoms. The number of halogens is 2. The summed E-state index contributed by atoms with van der Waals surface area (Å²) in [5.74, 6) is 0.556. The fraction of sp³-hybridized carbons (Fsp3) is 0.294. The van der Waals surface area contributed by atoms with Crippen LogP contribution in [0.1, 0.15) is 23.2 Å². The van der Waals surface area contributed by atoms with Crippen LogP contribution in [0.2, 0.25) is 10.0 Å². The van der Waals surface area contributed by atoms with Crippen molar-refractivity contribution in [2.75, 3.05) is 13.1 Å². The quantitative estimate of drug-likeness (QED) is 0.837. The van der Waals surface area contributed by atoms with Crippen molar-refractivity contribution in [2.24, 2.45) is 0 Å². The molecule has 0 unspecified atom stereocenters. The van der Waals surface area contributed by atoms with Crippen LogP contribution in [0.4, 0.5) is 0 Å². The molecular weight excluding hydrogens is 335 g/mol. The van der Waals surface area contributed by atoms with Crippen LogP contribution in [0.3, 0.4) is 0 Å². The molecule has 0 spiro atoms. The third kappa shape index (κ3) is 3.95. The van der Waals surface area contributed by atoms with Gasteiger partial charge in [-0.25, -0.2) is 4.98 Å². The van der Waals surface area contributed by atoms with Gasteiger partial charge in [0.15, 0.2) is 0 Å². The van der Waals surface area contributed by atoms with Gasteiger partial charge in [0.25, 0.3) is 5.91 Å². The minimum atomic E-state index is -0.0667. The molecule has 23 heavy (non-hydrogen) atoms. The Kier molecular flexibility index (Phi) is 5.03. The Hall–Kier alpha value is -1.78. The Morgan fingerprint density at radius 3 is 2.61 bits per heavy atom. The highest BCUT2D eigenvalue weighted by atomic mass is 35.5. The number of hydrogen-bond acceptors (Lipinski definition) is 3. The van der Waals surface area contributed by atoms with Crippen LogP contribution in [-0.4, -0.2) is 35.0 Å². The van der Waals surface area contributed by atoms with Gasteiger partial charge in [0.05, 0.1) is 10.6 Å². The van der Waals surface area contributed by atoms with Crippen LogP contribution >= 0.6 is 23.2 Å². The molecule has 4 nitrogen and oxygen atoms in total. The number of pyridine rings is 1. The number of amides is 1. The molecule has 1 saturated heterocycles. The molecule has 6 heteroatoms. The van der Waals surface area contributed by atoms with Crippen LogP contribution in [0.25, 0.3) is 0 Å². The molecule has 3 rings (SSSR count). The monoisotopic (exact) mass is 350 g/mol. The first kappa shape index (κ1) is 16.1. The SMILES string of the molecule is O=C(c1ccc(Cl)cc1Cl)N1CCC(Oc2ccccn2)CC1. The number of carbonyl (C=O) groups is 1. The zero-order valence-electron chi connectivity index (χ0n) is 12.4. The number of nitrogens with zero attached hydrogens (tertiary/aromatic N) is 2. The Morgan fingerprint density at radius 1 is 1.17 bits per heavy atom. The van der Waals surface area contributed by atoms with Gasteiger partial charge in [0.2, 0.25) is 5.88 Å². The molecule has 1 aromatic carbocycles. The van der Waals surface area contributed by atoms with Crippen molar-refractivity contribution < 1.29 is 9.53 Å². The van der Waals surface area contributed by atoms with Gasteiger partial charge in [-0.15, -0.1) is 0 Å². The topological polar surface area (TPSA) is 42.4 Å². The minimum absolute atomic E-state index is 0.0667. The van der Waals surface area contributed by atoms with Crippen molar-refractivity contribution in [2.45, 2.75) is 18.9 Å². The lowest BCUT2D eigenvalue weighted by atomic mass is 10.1. The first-order valence-corrected chi connectivity index (χ1v) is 8.21. The van der Waals surface area contributed by atoms with Crippen molar-refractivity contribution in [1.29, 1.82) is 0 Å². The Labute approximate surface area is 145 Å². The van der Waals surface area contributed by atoms with Crippen molar-refractivity contribution >= 4 is 29.1 Å². The molecule has 2 aromatic rings. The van der Waals surface area contributed by atoms with Crippen molar-refractivity contribution in [3.63, 3.8) is 0 Å². The minimum Gasteiger partial charge on any atom is -0.474 e. The van der Waals surface area contributed by atoms with Gasteiger partial charge in [-0.1, -0.05) is 29.3 Å². The second-order valence-corrected chi connectivity index (χ2v) is 6.25. The summed E-state index contributed by atoms with van der Waals surface area (Å²) in [6, 6.07) is 10.5. The van der Waals surface area contributed by atoms with Crippen LogP contribution in [-0.2, 0) is 0 Å². The molecule has 1 aliphatic heterocycles. The van der Waals surface area contributed by atoms with Gasteiger partial charge in [-0.3, -0.25) is 4.79 Å². The standard InChI is InChI=1S/C17H16Cl2N2O2/c18-12-4-5-14(15(19)11-12)17(22)21-9-6-13(7-10-21)23-16-3-1-2-8-20-16/h1-5,8,11,13H,6-7,9-10H2. The highest BCUT2D eigenvalue weighted by molar-refractivity contribution is 6.36. The predicted molar refractivity (Wildman–Crippen MR) is 90.3 cm³/mol. The number of benzene rings is 1. The number of piperidine rings is 1. The summed E-state index contributed by atoms with van der Waals surface area (Å²) in [4.78, 5) is 18.5. The van der Waals surface area contributed by atoms with Crippen LogP contribution in [0.5, 0.6) is 5.88 Å². The van der Waals surface area contributed by atoms with E-state index in [1.165, 1.54) is 0 Å². The summed E-state index contributed by atoms with van der Waals surface area (Å²) in [7, 11) is 0. The van der Waals surface area contributed by atoms with Crippen LogP contribution in [0, 0.1) is 0 Å². The molecule has 1 aliphatic rings. The largest absolute Gasteiger partial charge is 0.474 e. The number of aromatic nitrogens is 1. The summed E-state index contributed by atoms with van der Waals surface area (Å²) >= 11 is 12.0. The zero-order chi connectivity index (χ0) is 16.2. The Bertz CT molecular complexity index is 686. The first-order valence-electron chi connectivity index (χ1n) is 7.45. The molecule has 1 fully saturated rings. The maximum Gasteiger partial charge on any atom is 0.255 e. The van der Waals surface area contributed by atoms with E-state index >= 15 is 0 Å². The molecule has 0 N–H and O–H groups in total. The van der Waals surface area contributed by atoms with Crippen LogP contribution < -0.4 is 4.74 Å². The Morgan fingerprint density at radius 2 is 1.96 bits per heavy atom. The third-order valence-corrected chi connectivity index (χ3v) is 4.36. The van der Waals surface area contributed by atoms with E-state index in [1.807, 2.05) is 18.2 Å².